The van der Waals surface area contributed by atoms with Gasteiger partial charge < -0.3 is 10.6 Å². The highest BCUT2D eigenvalue weighted by Crippen LogP contribution is 2.24. The van der Waals surface area contributed by atoms with E-state index < -0.39 is 0 Å². The molecule has 0 radical (unpaired) electrons. The Hall–Kier alpha value is -1.59. The molecule has 2 aromatic rings. The van der Waals surface area contributed by atoms with Gasteiger partial charge in [0.05, 0.1) is 5.69 Å². The number of hydrogen-bond donors (Lipinski definition) is 2. The van der Waals surface area contributed by atoms with E-state index in [4.69, 9.17) is 11.6 Å². The lowest BCUT2D eigenvalue weighted by Gasteiger charge is -2.12. The van der Waals surface area contributed by atoms with E-state index in [0.29, 0.717) is 11.7 Å². The van der Waals surface area contributed by atoms with Crippen LogP contribution in [0.3, 0.4) is 0 Å². The van der Waals surface area contributed by atoms with Crippen LogP contribution in [0.4, 0.5) is 11.4 Å². The molecular formula is C14H13BrClN3O. The summed E-state index contributed by atoms with van der Waals surface area (Å²) in [4.78, 5) is 15.2. The lowest BCUT2D eigenvalue weighted by Crippen LogP contribution is -2.10. The molecule has 0 fully saturated rings. The van der Waals surface area contributed by atoms with Gasteiger partial charge in [-0.25, -0.2) is 4.98 Å². The molecule has 2 rings (SSSR count). The van der Waals surface area contributed by atoms with Gasteiger partial charge in [0.25, 0.3) is 0 Å². The summed E-state index contributed by atoms with van der Waals surface area (Å²) < 4.78 is 0.847. The predicted molar refractivity (Wildman–Crippen MR) is 85.0 cm³/mol. The summed E-state index contributed by atoms with van der Waals surface area (Å²) in [5.74, 6) is -0.0976. The number of rotatable bonds is 4. The molecule has 4 nitrogen and oxygen atoms in total. The van der Waals surface area contributed by atoms with Crippen molar-refractivity contribution in [2.45, 2.75) is 13.5 Å². The molecule has 0 aliphatic rings. The van der Waals surface area contributed by atoms with Gasteiger partial charge in [0.1, 0.15) is 0 Å². The molecule has 0 unspecified atom stereocenters. The lowest BCUT2D eigenvalue weighted by atomic mass is 10.1. The Morgan fingerprint density at radius 3 is 2.85 bits per heavy atom. The number of benzene rings is 1. The summed E-state index contributed by atoms with van der Waals surface area (Å²) in [5, 5.41) is 6.41. The summed E-state index contributed by atoms with van der Waals surface area (Å²) in [6.07, 6.45) is 1.64. The Bertz CT molecular complexity index is 634. The number of nitrogens with zero attached hydrogens (tertiary/aromatic N) is 1. The van der Waals surface area contributed by atoms with Crippen LogP contribution in [0.1, 0.15) is 12.5 Å². The third kappa shape index (κ3) is 3.95. The van der Waals surface area contributed by atoms with Crippen molar-refractivity contribution in [1.29, 1.82) is 0 Å². The number of pyridine rings is 1. The highest BCUT2D eigenvalue weighted by Gasteiger charge is 2.06. The van der Waals surface area contributed by atoms with Crippen LogP contribution in [0.25, 0.3) is 0 Å². The molecule has 1 aromatic heterocycles. The first-order valence-corrected chi connectivity index (χ1v) is 7.14. The fourth-order valence-corrected chi connectivity index (χ4v) is 2.22. The second-order valence-corrected chi connectivity index (χ2v) is 5.46. The van der Waals surface area contributed by atoms with Gasteiger partial charge in [-0.2, -0.15) is 0 Å². The number of aromatic nitrogens is 1. The standard InChI is InChI=1S/C14H13BrClN3O/c1-9(20)19-12-5-3-2-4-10(12)7-17-13-6-11(15)8-18-14(13)16/h2-6,8,17H,7H2,1H3,(H,19,20). The largest absolute Gasteiger partial charge is 0.378 e. The van der Waals surface area contributed by atoms with Crippen LogP contribution in [0.2, 0.25) is 5.15 Å². The lowest BCUT2D eigenvalue weighted by molar-refractivity contribution is -0.114. The van der Waals surface area contributed by atoms with E-state index in [0.717, 1.165) is 21.4 Å². The number of carbonyl (C=O) groups is 1. The molecule has 1 amide bonds. The van der Waals surface area contributed by atoms with Crippen LogP contribution >= 0.6 is 27.5 Å². The topological polar surface area (TPSA) is 54.0 Å². The molecule has 0 saturated heterocycles. The van der Waals surface area contributed by atoms with Gasteiger partial charge in [-0.3, -0.25) is 4.79 Å². The smallest absolute Gasteiger partial charge is 0.221 e. The Balaban J connectivity index is 2.14. The molecule has 2 N–H and O–H groups in total. The molecule has 0 saturated carbocycles. The van der Waals surface area contributed by atoms with Crippen molar-refractivity contribution in [3.8, 4) is 0 Å². The van der Waals surface area contributed by atoms with E-state index in [9.17, 15) is 4.79 Å². The van der Waals surface area contributed by atoms with Crippen molar-refractivity contribution in [3.05, 3.63) is 51.7 Å². The number of amides is 1. The Kier molecular flexibility index (Phi) is 4.98. The third-order valence-corrected chi connectivity index (χ3v) is 3.34. The minimum Gasteiger partial charge on any atom is -0.378 e. The van der Waals surface area contributed by atoms with Gasteiger partial charge in [0.2, 0.25) is 5.91 Å². The maximum Gasteiger partial charge on any atom is 0.221 e. The van der Waals surface area contributed by atoms with E-state index in [1.165, 1.54) is 6.92 Å². The highest BCUT2D eigenvalue weighted by atomic mass is 79.9. The van der Waals surface area contributed by atoms with Crippen LogP contribution in [-0.2, 0) is 11.3 Å². The van der Waals surface area contributed by atoms with Crippen molar-refractivity contribution < 1.29 is 4.79 Å². The molecule has 0 bridgehead atoms. The predicted octanol–water partition coefficient (Wildman–Crippen LogP) is 4.07. The average Bonchev–Trinajstić information content (AvgIpc) is 2.41. The maximum atomic E-state index is 11.2. The molecule has 0 aliphatic carbocycles. The number of hydrogen-bond acceptors (Lipinski definition) is 3. The zero-order valence-electron chi connectivity index (χ0n) is 10.8. The molecule has 0 atom stereocenters. The molecule has 1 aromatic carbocycles. The maximum absolute atomic E-state index is 11.2. The van der Waals surface area contributed by atoms with E-state index in [2.05, 4.69) is 31.5 Å². The van der Waals surface area contributed by atoms with E-state index in [-0.39, 0.29) is 5.91 Å². The van der Waals surface area contributed by atoms with Gasteiger partial charge in [0.15, 0.2) is 5.15 Å². The van der Waals surface area contributed by atoms with Crippen molar-refractivity contribution in [2.75, 3.05) is 10.6 Å². The van der Waals surface area contributed by atoms with Crippen molar-refractivity contribution in [3.63, 3.8) is 0 Å². The number of carbonyl (C=O) groups excluding carboxylic acids is 1. The second kappa shape index (κ2) is 6.72. The summed E-state index contributed by atoms with van der Waals surface area (Å²) in [5.41, 5.74) is 2.49. The number of para-hydroxylation sites is 1. The van der Waals surface area contributed by atoms with Crippen LogP contribution in [0.5, 0.6) is 0 Å². The highest BCUT2D eigenvalue weighted by molar-refractivity contribution is 9.10. The van der Waals surface area contributed by atoms with E-state index >= 15 is 0 Å². The summed E-state index contributed by atoms with van der Waals surface area (Å²) >= 11 is 9.37. The first kappa shape index (κ1) is 14.8. The zero-order chi connectivity index (χ0) is 14.5. The SMILES string of the molecule is CC(=O)Nc1ccccc1CNc1cc(Br)cnc1Cl. The molecule has 0 spiro atoms. The monoisotopic (exact) mass is 353 g/mol. The number of nitrogens with one attached hydrogen (secondary N) is 2. The Morgan fingerprint density at radius 1 is 1.35 bits per heavy atom. The number of halogens is 2. The summed E-state index contributed by atoms with van der Waals surface area (Å²) in [6.45, 7) is 2.02. The summed E-state index contributed by atoms with van der Waals surface area (Å²) in [7, 11) is 0. The van der Waals surface area contributed by atoms with Gasteiger partial charge in [-0.15, -0.1) is 0 Å². The minimum absolute atomic E-state index is 0.0976. The van der Waals surface area contributed by atoms with Crippen molar-refractivity contribution >= 4 is 44.8 Å². The molecule has 104 valence electrons. The molecule has 1 heterocycles. The Morgan fingerprint density at radius 2 is 2.10 bits per heavy atom. The Labute approximate surface area is 130 Å². The second-order valence-electron chi connectivity index (χ2n) is 4.18. The van der Waals surface area contributed by atoms with Crippen LogP contribution in [0, 0.1) is 0 Å². The van der Waals surface area contributed by atoms with Crippen molar-refractivity contribution in [1.82, 2.24) is 4.98 Å². The molecule has 6 heteroatoms. The quantitative estimate of drug-likeness (QED) is 0.814. The van der Waals surface area contributed by atoms with Gasteiger partial charge in [-0.05, 0) is 33.6 Å². The normalized spacial score (nSPS) is 10.2. The van der Waals surface area contributed by atoms with E-state index in [1.54, 1.807) is 6.20 Å². The van der Waals surface area contributed by atoms with Crippen molar-refractivity contribution in [2.24, 2.45) is 0 Å². The molecular weight excluding hydrogens is 342 g/mol. The first-order chi connectivity index (χ1) is 9.56. The third-order valence-electron chi connectivity index (χ3n) is 2.60. The van der Waals surface area contributed by atoms with Crippen LogP contribution in [-0.4, -0.2) is 10.9 Å². The molecule has 20 heavy (non-hydrogen) atoms. The zero-order valence-corrected chi connectivity index (χ0v) is 13.1. The number of anilines is 2. The first-order valence-electron chi connectivity index (χ1n) is 5.96. The van der Waals surface area contributed by atoms with Gasteiger partial charge in [0, 0.05) is 29.8 Å². The fraction of sp³-hybridized carbons (Fsp3) is 0.143. The van der Waals surface area contributed by atoms with Gasteiger partial charge >= 0.3 is 0 Å². The average molecular weight is 355 g/mol. The summed E-state index contributed by atoms with van der Waals surface area (Å²) in [6, 6.07) is 9.46. The van der Waals surface area contributed by atoms with E-state index in [1.807, 2.05) is 30.3 Å². The minimum atomic E-state index is -0.0976. The van der Waals surface area contributed by atoms with Crippen LogP contribution in [0.15, 0.2) is 41.0 Å². The van der Waals surface area contributed by atoms with Gasteiger partial charge in [-0.1, -0.05) is 29.8 Å². The molecule has 0 aliphatic heterocycles. The fourth-order valence-electron chi connectivity index (χ4n) is 1.72. The van der Waals surface area contributed by atoms with Crippen LogP contribution < -0.4 is 10.6 Å².